The van der Waals surface area contributed by atoms with Crippen molar-refractivity contribution in [1.29, 1.82) is 0 Å². The molecule has 1 amide bonds. The highest BCUT2D eigenvalue weighted by Gasteiger charge is 2.23. The number of nitrogens with zero attached hydrogens (tertiary/aromatic N) is 1. The number of benzene rings is 1. The van der Waals surface area contributed by atoms with Crippen molar-refractivity contribution in [2.75, 3.05) is 14.2 Å². The van der Waals surface area contributed by atoms with Gasteiger partial charge < -0.3 is 5.32 Å². The first-order chi connectivity index (χ1) is 10.8. The van der Waals surface area contributed by atoms with Crippen LogP contribution in [-0.4, -0.2) is 39.0 Å². The Morgan fingerprint density at radius 2 is 1.91 bits per heavy atom. The molecule has 0 atom stereocenters. The van der Waals surface area contributed by atoms with Crippen molar-refractivity contribution >= 4 is 15.9 Å². The summed E-state index contributed by atoms with van der Waals surface area (Å²) >= 11 is 0. The van der Waals surface area contributed by atoms with E-state index in [-0.39, 0.29) is 16.8 Å². The maximum absolute atomic E-state index is 12.4. The molecule has 1 aromatic carbocycles. The van der Waals surface area contributed by atoms with Crippen LogP contribution in [0.15, 0.2) is 29.2 Å². The van der Waals surface area contributed by atoms with Crippen LogP contribution in [0.25, 0.3) is 0 Å². The summed E-state index contributed by atoms with van der Waals surface area (Å²) in [7, 11) is -1.17. The van der Waals surface area contributed by atoms with Crippen molar-refractivity contribution in [2.45, 2.75) is 43.5 Å². The third-order valence-electron chi connectivity index (χ3n) is 4.34. The molecular formula is C16H24N2O4S. The Hall–Kier alpha value is -1.44. The summed E-state index contributed by atoms with van der Waals surface area (Å²) in [5.74, 6) is 0.475. The topological polar surface area (TPSA) is 75.7 Å². The van der Waals surface area contributed by atoms with Crippen LogP contribution in [0.4, 0.5) is 0 Å². The van der Waals surface area contributed by atoms with Crippen molar-refractivity contribution < 1.29 is 18.0 Å². The molecule has 1 saturated carbocycles. The lowest BCUT2D eigenvalue weighted by molar-refractivity contribution is -0.0258. The summed E-state index contributed by atoms with van der Waals surface area (Å²) < 4.78 is 25.2. The Morgan fingerprint density at radius 1 is 1.26 bits per heavy atom. The highest BCUT2D eigenvalue weighted by molar-refractivity contribution is 7.89. The lowest BCUT2D eigenvalue weighted by Crippen LogP contribution is -2.37. The second-order valence-corrected chi connectivity index (χ2v) is 7.99. The Balaban J connectivity index is 2.12. The lowest BCUT2D eigenvalue weighted by atomic mass is 9.87. The second kappa shape index (κ2) is 7.42. The van der Waals surface area contributed by atoms with Gasteiger partial charge in [-0.3, -0.25) is 9.63 Å². The van der Waals surface area contributed by atoms with Crippen molar-refractivity contribution in [3.8, 4) is 0 Å². The molecule has 2 rings (SSSR count). The molecule has 128 valence electrons. The average molecular weight is 340 g/mol. The third-order valence-corrected chi connectivity index (χ3v) is 6.02. The minimum absolute atomic E-state index is 0.0340. The van der Waals surface area contributed by atoms with Gasteiger partial charge in [0.1, 0.15) is 0 Å². The number of carbonyl (C=O) groups excluding carboxylic acids is 1. The molecule has 0 aliphatic heterocycles. The Kier molecular flexibility index (Phi) is 5.78. The quantitative estimate of drug-likeness (QED) is 0.834. The normalized spacial score (nSPS) is 22.1. The highest BCUT2D eigenvalue weighted by Crippen LogP contribution is 2.24. The molecule has 0 spiro atoms. The molecule has 1 N–H and O–H groups in total. The zero-order valence-electron chi connectivity index (χ0n) is 13.8. The zero-order chi connectivity index (χ0) is 17.0. The predicted octanol–water partition coefficient (Wildman–Crippen LogP) is 2.18. The number of carbonyl (C=O) groups is 1. The third kappa shape index (κ3) is 4.31. The molecule has 0 bridgehead atoms. The van der Waals surface area contributed by atoms with Crippen molar-refractivity contribution in [1.82, 2.24) is 9.79 Å². The van der Waals surface area contributed by atoms with Crippen LogP contribution >= 0.6 is 0 Å². The molecule has 6 nitrogen and oxygen atoms in total. The van der Waals surface area contributed by atoms with Gasteiger partial charge in [0.2, 0.25) is 0 Å². The van der Waals surface area contributed by atoms with Crippen LogP contribution < -0.4 is 5.32 Å². The Labute approximate surface area is 137 Å². The van der Waals surface area contributed by atoms with E-state index in [4.69, 9.17) is 4.84 Å². The number of nitrogens with one attached hydrogen (secondary N) is 1. The van der Waals surface area contributed by atoms with E-state index < -0.39 is 10.0 Å². The first-order valence-corrected chi connectivity index (χ1v) is 9.22. The SMILES string of the molecule is CON(C)S(=O)(=O)c1cccc(C(=O)NC2CCC(C)CC2)c1. The van der Waals surface area contributed by atoms with Crippen LogP contribution in [0.3, 0.4) is 0 Å². The first-order valence-electron chi connectivity index (χ1n) is 7.78. The Bertz CT molecular complexity index is 652. The molecule has 0 aromatic heterocycles. The summed E-state index contributed by atoms with van der Waals surface area (Å²) in [6, 6.07) is 6.18. The van der Waals surface area contributed by atoms with E-state index in [1.807, 2.05) is 0 Å². The summed E-state index contributed by atoms with van der Waals surface area (Å²) in [4.78, 5) is 17.1. The monoisotopic (exact) mass is 340 g/mol. The van der Waals surface area contributed by atoms with Gasteiger partial charge in [0, 0.05) is 18.7 Å². The second-order valence-electron chi connectivity index (χ2n) is 6.06. The fraction of sp³-hybridized carbons (Fsp3) is 0.562. The van der Waals surface area contributed by atoms with Gasteiger partial charge in [-0.15, -0.1) is 0 Å². The van der Waals surface area contributed by atoms with E-state index in [0.29, 0.717) is 11.5 Å². The van der Waals surface area contributed by atoms with Gasteiger partial charge in [0.15, 0.2) is 0 Å². The van der Waals surface area contributed by atoms with Gasteiger partial charge in [-0.05, 0) is 49.8 Å². The molecule has 0 unspecified atom stereocenters. The van der Waals surface area contributed by atoms with E-state index in [2.05, 4.69) is 12.2 Å². The van der Waals surface area contributed by atoms with E-state index in [1.165, 1.54) is 26.3 Å². The largest absolute Gasteiger partial charge is 0.349 e. The zero-order valence-corrected chi connectivity index (χ0v) is 14.6. The van der Waals surface area contributed by atoms with Crippen molar-refractivity contribution in [3.63, 3.8) is 0 Å². The fourth-order valence-corrected chi connectivity index (χ4v) is 3.74. The number of rotatable bonds is 5. The van der Waals surface area contributed by atoms with Crippen LogP contribution in [-0.2, 0) is 14.9 Å². The Morgan fingerprint density at radius 3 is 2.52 bits per heavy atom. The number of hydroxylamine groups is 1. The minimum atomic E-state index is -3.75. The number of hydrogen-bond donors (Lipinski definition) is 1. The molecule has 1 aromatic rings. The van der Waals surface area contributed by atoms with Crippen LogP contribution in [0, 0.1) is 5.92 Å². The maximum atomic E-state index is 12.4. The van der Waals surface area contributed by atoms with Gasteiger partial charge in [-0.1, -0.05) is 17.5 Å². The summed E-state index contributed by atoms with van der Waals surface area (Å²) in [5.41, 5.74) is 0.342. The average Bonchev–Trinajstić information content (AvgIpc) is 2.56. The lowest BCUT2D eigenvalue weighted by Gasteiger charge is -2.27. The fourth-order valence-electron chi connectivity index (χ4n) is 2.72. The minimum Gasteiger partial charge on any atom is -0.349 e. The molecule has 0 heterocycles. The van der Waals surface area contributed by atoms with E-state index >= 15 is 0 Å². The van der Waals surface area contributed by atoms with E-state index in [9.17, 15) is 13.2 Å². The molecule has 0 radical (unpaired) electrons. The van der Waals surface area contributed by atoms with Crippen molar-refractivity contribution in [3.05, 3.63) is 29.8 Å². The molecule has 1 fully saturated rings. The number of hydrogen-bond acceptors (Lipinski definition) is 4. The van der Waals surface area contributed by atoms with Gasteiger partial charge in [0.25, 0.3) is 15.9 Å². The highest BCUT2D eigenvalue weighted by atomic mass is 32.2. The maximum Gasteiger partial charge on any atom is 0.264 e. The van der Waals surface area contributed by atoms with Crippen molar-refractivity contribution in [2.24, 2.45) is 5.92 Å². The summed E-state index contributed by atoms with van der Waals surface area (Å²) in [6.07, 6.45) is 4.16. The number of amides is 1. The molecule has 1 aliphatic rings. The molecular weight excluding hydrogens is 316 g/mol. The van der Waals surface area contributed by atoms with Crippen LogP contribution in [0.1, 0.15) is 43.0 Å². The summed E-state index contributed by atoms with van der Waals surface area (Å²) in [6.45, 7) is 2.22. The summed E-state index contributed by atoms with van der Waals surface area (Å²) in [5, 5.41) is 3.00. The van der Waals surface area contributed by atoms with E-state index in [1.54, 1.807) is 12.1 Å². The first kappa shape index (κ1) is 17.9. The number of sulfonamides is 1. The van der Waals surface area contributed by atoms with Crippen LogP contribution in [0.2, 0.25) is 0 Å². The molecule has 0 saturated heterocycles. The van der Waals surface area contributed by atoms with Gasteiger partial charge in [-0.25, -0.2) is 8.42 Å². The molecule has 7 heteroatoms. The smallest absolute Gasteiger partial charge is 0.264 e. The molecule has 1 aliphatic carbocycles. The standard InChI is InChI=1S/C16H24N2O4S/c1-12-7-9-14(10-8-12)17-16(19)13-5-4-6-15(11-13)23(20,21)18(2)22-3/h4-6,11-12,14H,7-10H2,1-3H3,(H,17,19). The molecule has 23 heavy (non-hydrogen) atoms. The predicted molar refractivity (Wildman–Crippen MR) is 87.3 cm³/mol. The van der Waals surface area contributed by atoms with Gasteiger partial charge >= 0.3 is 0 Å². The van der Waals surface area contributed by atoms with Gasteiger partial charge in [0.05, 0.1) is 12.0 Å². The van der Waals surface area contributed by atoms with E-state index in [0.717, 1.165) is 30.2 Å². The van der Waals surface area contributed by atoms with Crippen LogP contribution in [0.5, 0.6) is 0 Å². The van der Waals surface area contributed by atoms with Gasteiger partial charge in [-0.2, -0.15) is 0 Å².